The number of carboxylic acid groups (broad SMARTS) is 2. The lowest BCUT2D eigenvalue weighted by atomic mass is 10.0. The summed E-state index contributed by atoms with van der Waals surface area (Å²) in [5.41, 5.74) is 11.3. The molecule has 2 amide bonds. The second kappa shape index (κ2) is 15.9. The number of benzene rings is 1. The maximum Gasteiger partial charge on any atom is 0.405 e. The zero-order valence-corrected chi connectivity index (χ0v) is 18.1. The van der Waals surface area contributed by atoms with Gasteiger partial charge in [-0.3, -0.25) is 14.6 Å². The number of esters is 1. The van der Waals surface area contributed by atoms with E-state index in [1.165, 1.54) is 0 Å². The van der Waals surface area contributed by atoms with E-state index >= 15 is 0 Å². The summed E-state index contributed by atoms with van der Waals surface area (Å²) < 4.78 is 4.99. The van der Waals surface area contributed by atoms with E-state index in [9.17, 15) is 14.4 Å². The number of ether oxygens (including phenoxy) is 1. The Balaban J connectivity index is 0.00000220. The van der Waals surface area contributed by atoms with E-state index in [0.29, 0.717) is 6.42 Å². The Bertz CT molecular complexity index is 763. The fourth-order valence-corrected chi connectivity index (χ4v) is 2.48. The predicted molar refractivity (Wildman–Crippen MR) is 117 cm³/mol. The number of rotatable bonds is 11. The van der Waals surface area contributed by atoms with E-state index in [1.54, 1.807) is 31.2 Å². The molecule has 1 rings (SSSR count). The molecular formula is C20H31N5O7. The van der Waals surface area contributed by atoms with E-state index in [0.717, 1.165) is 12.5 Å². The maximum atomic E-state index is 12.6. The standard InChI is InChI=1S/C18H27N5O5.C2H4O2/c1-2-28-16(25)13(9-6-10-21-17(19)20)22-15(24)14(23-18(26)27)11-12-7-4-3-5-8-12;1-2(3)4/h3-5,7-8,13-14,23H,2,6,9-11H2,1H3,(H,22,24)(H,26,27)(H4,19,20,21);1H3,(H,3,4)/t13-,14-;/m0./s1. The normalized spacial score (nSPS) is 11.6. The molecule has 178 valence electrons. The Morgan fingerprint density at radius 2 is 1.66 bits per heavy atom. The number of hydrogen-bond donors (Lipinski definition) is 6. The number of nitrogens with two attached hydrogens (primary N) is 2. The smallest absolute Gasteiger partial charge is 0.405 e. The number of aliphatic imine (C=N–C) groups is 1. The molecule has 12 nitrogen and oxygen atoms in total. The fourth-order valence-electron chi connectivity index (χ4n) is 2.48. The first-order valence-electron chi connectivity index (χ1n) is 9.82. The van der Waals surface area contributed by atoms with Crippen LogP contribution in [-0.4, -0.2) is 65.3 Å². The number of carboxylic acids is 1. The first-order valence-corrected chi connectivity index (χ1v) is 9.82. The number of carbonyl (C=O) groups is 4. The van der Waals surface area contributed by atoms with E-state index in [-0.39, 0.29) is 32.0 Å². The second-order valence-electron chi connectivity index (χ2n) is 6.47. The van der Waals surface area contributed by atoms with Crippen molar-refractivity contribution >= 4 is 29.9 Å². The third-order valence-electron chi connectivity index (χ3n) is 3.73. The molecule has 1 aromatic carbocycles. The average Bonchev–Trinajstić information content (AvgIpc) is 2.69. The lowest BCUT2D eigenvalue weighted by Gasteiger charge is -2.21. The molecule has 0 bridgehead atoms. The summed E-state index contributed by atoms with van der Waals surface area (Å²) >= 11 is 0. The van der Waals surface area contributed by atoms with Crippen LogP contribution in [-0.2, 0) is 25.5 Å². The summed E-state index contributed by atoms with van der Waals surface area (Å²) in [6.07, 6.45) is -0.525. The lowest BCUT2D eigenvalue weighted by Crippen LogP contribution is -2.52. The minimum atomic E-state index is -1.34. The zero-order valence-electron chi connectivity index (χ0n) is 18.1. The van der Waals surface area contributed by atoms with Crippen LogP contribution in [0.5, 0.6) is 0 Å². The lowest BCUT2D eigenvalue weighted by molar-refractivity contribution is -0.147. The third-order valence-corrected chi connectivity index (χ3v) is 3.73. The Hall–Kier alpha value is -3.83. The van der Waals surface area contributed by atoms with Crippen molar-refractivity contribution in [3.63, 3.8) is 0 Å². The summed E-state index contributed by atoms with van der Waals surface area (Å²) in [7, 11) is 0. The van der Waals surface area contributed by atoms with Gasteiger partial charge in [-0.1, -0.05) is 30.3 Å². The first kappa shape index (κ1) is 28.2. The average molecular weight is 453 g/mol. The Kier molecular flexibility index (Phi) is 14.0. The van der Waals surface area contributed by atoms with Crippen molar-refractivity contribution < 1.29 is 34.1 Å². The minimum absolute atomic E-state index is 0.0645. The number of nitrogens with zero attached hydrogens (tertiary/aromatic N) is 1. The Morgan fingerprint density at radius 1 is 1.06 bits per heavy atom. The van der Waals surface area contributed by atoms with Gasteiger partial charge in [-0.15, -0.1) is 0 Å². The topological polar surface area (TPSA) is 206 Å². The van der Waals surface area contributed by atoms with Gasteiger partial charge in [0, 0.05) is 19.9 Å². The minimum Gasteiger partial charge on any atom is -0.481 e. The second-order valence-corrected chi connectivity index (χ2v) is 6.47. The van der Waals surface area contributed by atoms with Crippen LogP contribution in [0.3, 0.4) is 0 Å². The number of aliphatic carboxylic acids is 1. The Morgan fingerprint density at radius 3 is 2.16 bits per heavy atom. The fraction of sp³-hybridized carbons (Fsp3) is 0.450. The first-order chi connectivity index (χ1) is 15.1. The molecule has 1 aromatic rings. The highest BCUT2D eigenvalue weighted by Crippen LogP contribution is 2.06. The molecule has 0 spiro atoms. The summed E-state index contributed by atoms with van der Waals surface area (Å²) in [5.74, 6) is -2.12. The van der Waals surface area contributed by atoms with Crippen LogP contribution in [0.4, 0.5) is 4.79 Å². The molecule has 0 fully saturated rings. The summed E-state index contributed by atoms with van der Waals surface area (Å²) in [4.78, 5) is 48.7. The molecule has 0 aliphatic rings. The number of carbonyl (C=O) groups excluding carboxylic acids is 2. The maximum absolute atomic E-state index is 12.6. The van der Waals surface area contributed by atoms with E-state index in [1.807, 2.05) is 6.07 Å². The molecule has 8 N–H and O–H groups in total. The van der Waals surface area contributed by atoms with Crippen molar-refractivity contribution in [1.29, 1.82) is 0 Å². The molecule has 0 heterocycles. The van der Waals surface area contributed by atoms with Crippen LogP contribution in [0.1, 0.15) is 32.3 Å². The van der Waals surface area contributed by atoms with Crippen LogP contribution in [0.25, 0.3) is 0 Å². The molecule has 0 unspecified atom stereocenters. The molecule has 2 atom stereocenters. The van der Waals surface area contributed by atoms with E-state index in [2.05, 4.69) is 15.6 Å². The van der Waals surface area contributed by atoms with Crippen LogP contribution in [0.15, 0.2) is 35.3 Å². The van der Waals surface area contributed by atoms with Gasteiger partial charge in [-0.25, -0.2) is 9.59 Å². The number of amides is 2. The molecule has 0 aliphatic heterocycles. The van der Waals surface area contributed by atoms with Crippen LogP contribution in [0.2, 0.25) is 0 Å². The molecule has 12 heteroatoms. The summed E-state index contributed by atoms with van der Waals surface area (Å²) in [6, 6.07) is 6.96. The Labute approximate surface area is 186 Å². The van der Waals surface area contributed by atoms with Crippen molar-refractivity contribution in [2.24, 2.45) is 16.5 Å². The highest BCUT2D eigenvalue weighted by Gasteiger charge is 2.27. The van der Waals surface area contributed by atoms with E-state index in [4.69, 9.17) is 31.2 Å². The van der Waals surface area contributed by atoms with Crippen LogP contribution >= 0.6 is 0 Å². The van der Waals surface area contributed by atoms with Crippen molar-refractivity contribution in [3.8, 4) is 0 Å². The third kappa shape index (κ3) is 14.2. The molecule has 0 saturated heterocycles. The predicted octanol–water partition coefficient (Wildman–Crippen LogP) is 0.0577. The highest BCUT2D eigenvalue weighted by atomic mass is 16.5. The molecule has 0 radical (unpaired) electrons. The number of nitrogens with one attached hydrogen (secondary N) is 2. The summed E-state index contributed by atoms with van der Waals surface area (Å²) in [6.45, 7) is 3.18. The van der Waals surface area contributed by atoms with Crippen molar-refractivity contribution in [1.82, 2.24) is 10.6 Å². The van der Waals surface area contributed by atoms with Gasteiger partial charge >= 0.3 is 12.1 Å². The molecule has 32 heavy (non-hydrogen) atoms. The van der Waals surface area contributed by atoms with Crippen LogP contribution in [0, 0.1) is 0 Å². The monoisotopic (exact) mass is 453 g/mol. The van der Waals surface area contributed by atoms with Crippen molar-refractivity contribution in [2.45, 2.75) is 45.2 Å². The van der Waals surface area contributed by atoms with Gasteiger partial charge in [-0.2, -0.15) is 0 Å². The van der Waals surface area contributed by atoms with Gasteiger partial charge in [0.1, 0.15) is 12.1 Å². The van der Waals surface area contributed by atoms with E-state index < -0.39 is 36.0 Å². The quantitative estimate of drug-likeness (QED) is 0.116. The molecule has 0 aromatic heterocycles. The number of hydrogen-bond acceptors (Lipinski definition) is 6. The molecule has 0 saturated carbocycles. The molecular weight excluding hydrogens is 422 g/mol. The van der Waals surface area contributed by atoms with Crippen molar-refractivity contribution in [2.75, 3.05) is 13.2 Å². The number of guanidine groups is 1. The largest absolute Gasteiger partial charge is 0.481 e. The van der Waals surface area contributed by atoms with Gasteiger partial charge < -0.3 is 37.1 Å². The van der Waals surface area contributed by atoms with Gasteiger partial charge in [0.2, 0.25) is 5.91 Å². The molecule has 0 aliphatic carbocycles. The van der Waals surface area contributed by atoms with Crippen LogP contribution < -0.4 is 22.1 Å². The highest BCUT2D eigenvalue weighted by molar-refractivity contribution is 5.89. The van der Waals surface area contributed by atoms with Gasteiger partial charge in [0.05, 0.1) is 6.61 Å². The summed E-state index contributed by atoms with van der Waals surface area (Å²) in [5, 5.41) is 21.2. The van der Waals surface area contributed by atoms with Crippen molar-refractivity contribution in [3.05, 3.63) is 35.9 Å². The van der Waals surface area contributed by atoms with Gasteiger partial charge in [0.15, 0.2) is 5.96 Å². The SMILES string of the molecule is CC(=O)O.CCOC(=O)[C@H](CCCN=C(N)N)NC(=O)[C@H](Cc1ccccc1)NC(=O)O. The van der Waals surface area contributed by atoms with Gasteiger partial charge in [0.25, 0.3) is 5.97 Å². The van der Waals surface area contributed by atoms with Gasteiger partial charge in [-0.05, 0) is 25.3 Å². The zero-order chi connectivity index (χ0) is 24.5.